The summed E-state index contributed by atoms with van der Waals surface area (Å²) in [7, 11) is 0. The number of hydrogen-bond acceptors (Lipinski definition) is 9. The Morgan fingerprint density at radius 1 is 1.00 bits per heavy atom. The maximum absolute atomic E-state index is 12.4. The molecule has 0 saturated carbocycles. The van der Waals surface area contributed by atoms with E-state index in [1.807, 2.05) is 19.9 Å². The fraction of sp³-hybridized carbons (Fsp3) is 0.381. The van der Waals surface area contributed by atoms with Crippen LogP contribution in [0.15, 0.2) is 24.3 Å². The first kappa shape index (κ1) is 21.3. The van der Waals surface area contributed by atoms with Crippen molar-refractivity contribution in [2.24, 2.45) is 0 Å². The van der Waals surface area contributed by atoms with Crippen LogP contribution in [0.25, 0.3) is 5.95 Å². The summed E-state index contributed by atoms with van der Waals surface area (Å²) in [5.41, 5.74) is 2.28. The lowest BCUT2D eigenvalue weighted by Crippen LogP contribution is -2.23. The van der Waals surface area contributed by atoms with Gasteiger partial charge in [-0.1, -0.05) is 0 Å². The van der Waals surface area contributed by atoms with Gasteiger partial charge in [0.25, 0.3) is 11.9 Å². The molecule has 0 unspecified atom stereocenters. The van der Waals surface area contributed by atoms with Crippen LogP contribution in [0.4, 0.5) is 11.6 Å². The highest BCUT2D eigenvalue weighted by atomic mass is 16.5. The number of nitrogens with zero attached hydrogens (tertiary/aromatic N) is 7. The number of esters is 1. The minimum Gasteiger partial charge on any atom is -0.451 e. The zero-order valence-corrected chi connectivity index (χ0v) is 18.2. The number of carbonyl (C=O) groups excluding carboxylic acids is 2. The van der Waals surface area contributed by atoms with Gasteiger partial charge in [0, 0.05) is 30.5 Å². The highest BCUT2D eigenvalue weighted by molar-refractivity contribution is 5.94. The number of carbonyl (C=O) groups is 2. The number of nitrogens with one attached hydrogen (secondary N) is 1. The molecule has 1 saturated heterocycles. The number of aromatic nitrogens is 6. The van der Waals surface area contributed by atoms with Crippen LogP contribution in [0.1, 0.15) is 40.4 Å². The van der Waals surface area contributed by atoms with Crippen molar-refractivity contribution in [1.82, 2.24) is 29.9 Å². The molecule has 32 heavy (non-hydrogen) atoms. The third kappa shape index (κ3) is 4.88. The molecule has 3 aromatic heterocycles. The maximum Gasteiger partial charge on any atom is 0.359 e. The van der Waals surface area contributed by atoms with Crippen LogP contribution in [0, 0.1) is 20.8 Å². The Morgan fingerprint density at radius 3 is 2.38 bits per heavy atom. The van der Waals surface area contributed by atoms with E-state index in [1.54, 1.807) is 25.1 Å². The lowest BCUT2D eigenvalue weighted by molar-refractivity contribution is -0.119. The fourth-order valence-corrected chi connectivity index (χ4v) is 3.48. The van der Waals surface area contributed by atoms with Crippen LogP contribution in [0.3, 0.4) is 0 Å². The van der Waals surface area contributed by atoms with Gasteiger partial charge in [0.05, 0.1) is 5.69 Å². The lowest BCUT2D eigenvalue weighted by Gasteiger charge is -2.15. The summed E-state index contributed by atoms with van der Waals surface area (Å²) >= 11 is 0. The summed E-state index contributed by atoms with van der Waals surface area (Å²) < 4.78 is 6.53. The summed E-state index contributed by atoms with van der Waals surface area (Å²) in [4.78, 5) is 35.5. The van der Waals surface area contributed by atoms with E-state index in [0.29, 0.717) is 17.5 Å². The highest BCUT2D eigenvalue weighted by Crippen LogP contribution is 2.17. The zero-order chi connectivity index (χ0) is 22.7. The van der Waals surface area contributed by atoms with Crippen molar-refractivity contribution in [1.29, 1.82) is 0 Å². The molecule has 11 heteroatoms. The molecule has 1 aliphatic heterocycles. The van der Waals surface area contributed by atoms with E-state index in [-0.39, 0.29) is 5.69 Å². The van der Waals surface area contributed by atoms with Crippen LogP contribution in [0.5, 0.6) is 0 Å². The second kappa shape index (κ2) is 9.08. The summed E-state index contributed by atoms with van der Waals surface area (Å²) in [6.07, 6.45) is 2.24. The van der Waals surface area contributed by atoms with E-state index in [9.17, 15) is 9.59 Å². The summed E-state index contributed by atoms with van der Waals surface area (Å²) in [5, 5.41) is 15.0. The summed E-state index contributed by atoms with van der Waals surface area (Å²) in [6, 6.07) is 6.82. The quantitative estimate of drug-likeness (QED) is 0.575. The molecule has 1 N–H and O–H groups in total. The number of rotatable bonds is 6. The zero-order valence-electron chi connectivity index (χ0n) is 18.2. The van der Waals surface area contributed by atoms with Crippen LogP contribution >= 0.6 is 0 Å². The Bertz CT molecular complexity index is 1120. The summed E-state index contributed by atoms with van der Waals surface area (Å²) in [5.74, 6) is 0.210. The Balaban J connectivity index is 1.37. The topological polar surface area (TPSA) is 128 Å². The minimum absolute atomic E-state index is 0.0465. The van der Waals surface area contributed by atoms with Crippen molar-refractivity contribution in [3.05, 3.63) is 47.0 Å². The Kier molecular flexibility index (Phi) is 6.06. The lowest BCUT2D eigenvalue weighted by atomic mass is 10.3. The predicted molar refractivity (Wildman–Crippen MR) is 116 cm³/mol. The third-order valence-corrected chi connectivity index (χ3v) is 4.88. The monoisotopic (exact) mass is 436 g/mol. The van der Waals surface area contributed by atoms with Crippen molar-refractivity contribution in [2.45, 2.75) is 33.6 Å². The van der Waals surface area contributed by atoms with Crippen molar-refractivity contribution < 1.29 is 14.3 Å². The number of anilines is 2. The second-order valence-electron chi connectivity index (χ2n) is 7.63. The molecule has 0 aromatic carbocycles. The van der Waals surface area contributed by atoms with E-state index in [4.69, 9.17) is 4.74 Å². The smallest absolute Gasteiger partial charge is 0.359 e. The van der Waals surface area contributed by atoms with Crippen molar-refractivity contribution in [3.63, 3.8) is 0 Å². The number of ether oxygens (including phenoxy) is 1. The van der Waals surface area contributed by atoms with Gasteiger partial charge in [0.15, 0.2) is 18.1 Å². The number of aryl methyl sites for hydroxylation is 3. The van der Waals surface area contributed by atoms with Gasteiger partial charge in [-0.05, 0) is 51.8 Å². The van der Waals surface area contributed by atoms with Crippen molar-refractivity contribution in [2.75, 3.05) is 29.9 Å². The molecule has 4 rings (SSSR count). The Labute approximate surface area is 184 Å². The molecule has 0 spiro atoms. The Morgan fingerprint density at radius 2 is 1.72 bits per heavy atom. The van der Waals surface area contributed by atoms with Crippen LogP contribution in [0.2, 0.25) is 0 Å². The van der Waals surface area contributed by atoms with E-state index < -0.39 is 18.5 Å². The van der Waals surface area contributed by atoms with Crippen molar-refractivity contribution in [3.8, 4) is 5.95 Å². The van der Waals surface area contributed by atoms with Gasteiger partial charge in [-0.25, -0.2) is 14.8 Å². The average molecular weight is 436 g/mol. The Hall–Kier alpha value is -3.89. The van der Waals surface area contributed by atoms with Crippen LogP contribution < -0.4 is 10.2 Å². The average Bonchev–Trinajstić information content (AvgIpc) is 3.41. The predicted octanol–water partition coefficient (Wildman–Crippen LogP) is 1.77. The van der Waals surface area contributed by atoms with Gasteiger partial charge in [-0.2, -0.15) is 9.78 Å². The first-order chi connectivity index (χ1) is 15.4. The van der Waals surface area contributed by atoms with Gasteiger partial charge in [0.2, 0.25) is 0 Å². The third-order valence-electron chi connectivity index (χ3n) is 4.88. The van der Waals surface area contributed by atoms with Crippen LogP contribution in [-0.2, 0) is 9.53 Å². The molecule has 1 fully saturated rings. The molecule has 166 valence electrons. The first-order valence-electron chi connectivity index (χ1n) is 10.3. The molecule has 0 bridgehead atoms. The van der Waals surface area contributed by atoms with E-state index in [2.05, 4.69) is 35.5 Å². The standard InChI is InChI=1S/C21H24N8O3/c1-13-10-14(2)23-21(22-13)29-18(11-15(3)27-29)24-19(30)12-32-20(31)16-6-7-17(26-25-16)28-8-4-5-9-28/h6-7,10-11H,4-5,8-9,12H2,1-3H3,(H,24,30). The first-order valence-corrected chi connectivity index (χ1v) is 10.3. The molecule has 11 nitrogen and oxygen atoms in total. The number of amides is 1. The molecule has 4 heterocycles. The van der Waals surface area contributed by atoms with Crippen LogP contribution in [-0.4, -0.2) is 61.5 Å². The highest BCUT2D eigenvalue weighted by Gasteiger charge is 2.18. The summed E-state index contributed by atoms with van der Waals surface area (Å²) in [6.45, 7) is 6.88. The molecular formula is C21H24N8O3. The van der Waals surface area contributed by atoms with E-state index in [0.717, 1.165) is 43.1 Å². The van der Waals surface area contributed by atoms with E-state index in [1.165, 1.54) is 4.68 Å². The second-order valence-corrected chi connectivity index (χ2v) is 7.63. The van der Waals surface area contributed by atoms with Gasteiger partial charge >= 0.3 is 5.97 Å². The molecule has 3 aromatic rings. The molecule has 0 atom stereocenters. The molecule has 0 aliphatic carbocycles. The number of hydrogen-bond donors (Lipinski definition) is 1. The van der Waals surface area contributed by atoms with Crippen molar-refractivity contribution >= 4 is 23.5 Å². The molecule has 1 amide bonds. The molecule has 1 aliphatic rings. The molecule has 0 radical (unpaired) electrons. The fourth-order valence-electron chi connectivity index (χ4n) is 3.48. The van der Waals surface area contributed by atoms with Gasteiger partial charge < -0.3 is 15.0 Å². The largest absolute Gasteiger partial charge is 0.451 e. The SMILES string of the molecule is Cc1cc(C)nc(-n2nc(C)cc2NC(=O)COC(=O)c2ccc(N3CCCC3)nn2)n1. The van der Waals surface area contributed by atoms with Gasteiger partial charge in [-0.3, -0.25) is 4.79 Å². The normalized spacial score (nSPS) is 13.3. The van der Waals surface area contributed by atoms with Gasteiger partial charge in [0.1, 0.15) is 5.82 Å². The molecular weight excluding hydrogens is 412 g/mol. The van der Waals surface area contributed by atoms with E-state index >= 15 is 0 Å². The maximum atomic E-state index is 12.4. The minimum atomic E-state index is -0.719. The van der Waals surface area contributed by atoms with Gasteiger partial charge in [-0.15, -0.1) is 10.2 Å².